The number of hydrogen-bond acceptors (Lipinski definition) is 1. The summed E-state index contributed by atoms with van der Waals surface area (Å²) in [7, 11) is -4.64. The topological polar surface area (TPSA) is 77.8 Å². The fourth-order valence-electron chi connectivity index (χ4n) is 0. The summed E-state index contributed by atoms with van der Waals surface area (Å²) in [6.45, 7) is 0. The van der Waals surface area contributed by atoms with Gasteiger partial charge in [0.25, 0.3) is 0 Å². The Morgan fingerprint density at radius 3 is 1.14 bits per heavy atom. The van der Waals surface area contributed by atoms with E-state index in [9.17, 15) is 0 Å². The van der Waals surface area contributed by atoms with Gasteiger partial charge in [0, 0.05) is 22.4 Å². The molecule has 1 radical (unpaired) electrons. The fourth-order valence-corrected chi connectivity index (χ4v) is 0. The van der Waals surface area contributed by atoms with Crippen LogP contribution in [0.3, 0.4) is 0 Å². The predicted molar refractivity (Wildman–Crippen MR) is 24.2 cm³/mol. The van der Waals surface area contributed by atoms with E-state index in [0.29, 0.717) is 0 Å². The standard InChI is InChI=1S/Bi.Nb.H3O4P.3H/c;;1-5(2,3)4;;;/h;;(H3,1,2,3,4);;;. The van der Waals surface area contributed by atoms with Crippen LogP contribution in [0.2, 0.25) is 0 Å². The molecule has 7 heavy (non-hydrogen) atoms. The maximum atomic E-state index is 8.88. The van der Waals surface area contributed by atoms with Crippen LogP contribution in [-0.4, -0.2) is 40.9 Å². The molecule has 0 saturated heterocycles. The van der Waals surface area contributed by atoms with Gasteiger partial charge in [0.2, 0.25) is 0 Å². The van der Waals surface area contributed by atoms with Gasteiger partial charge in [0.15, 0.2) is 0 Å². The van der Waals surface area contributed by atoms with Gasteiger partial charge in [-0.3, -0.25) is 0 Å². The third-order valence-corrected chi connectivity index (χ3v) is 0. The van der Waals surface area contributed by atoms with E-state index < -0.39 is 7.82 Å². The number of phosphoric acid groups is 1. The van der Waals surface area contributed by atoms with Crippen LogP contribution in [0.5, 0.6) is 0 Å². The third-order valence-electron chi connectivity index (χ3n) is 0. The first kappa shape index (κ1) is 15.9. The minimum Gasteiger partial charge on any atom is 0 e. The van der Waals surface area contributed by atoms with Crippen LogP contribution in [0.15, 0.2) is 0 Å². The van der Waals surface area contributed by atoms with Gasteiger partial charge >= 0.3 is 34.0 Å². The maximum Gasteiger partial charge on any atom is 0 e. The molecule has 0 unspecified atom stereocenters. The Balaban J connectivity index is -0.0000000800. The van der Waals surface area contributed by atoms with Crippen molar-refractivity contribution in [1.82, 2.24) is 0 Å². The van der Waals surface area contributed by atoms with E-state index in [1.807, 2.05) is 0 Å². The Morgan fingerprint density at radius 1 is 1.14 bits per heavy atom. The van der Waals surface area contributed by atoms with Gasteiger partial charge in [-0.25, -0.2) is 4.57 Å². The maximum absolute atomic E-state index is 8.88. The van der Waals surface area contributed by atoms with Crippen LogP contribution < -0.4 is 0 Å². The van der Waals surface area contributed by atoms with Crippen molar-refractivity contribution < 1.29 is 41.6 Å². The van der Waals surface area contributed by atoms with Gasteiger partial charge in [-0.1, -0.05) is 0 Å². The molecule has 0 spiro atoms. The second-order valence-corrected chi connectivity index (χ2v) is 1.54. The summed E-state index contributed by atoms with van der Waals surface area (Å²) in [4.78, 5) is 21.6. The third kappa shape index (κ3) is 84.6. The molecule has 0 fully saturated rings. The quantitative estimate of drug-likeness (QED) is 0.320. The zero-order chi connectivity index (χ0) is 4.50. The van der Waals surface area contributed by atoms with Crippen LogP contribution in [-0.2, 0) is 26.9 Å². The van der Waals surface area contributed by atoms with E-state index in [1.165, 1.54) is 0 Å². The zero-order valence-electron chi connectivity index (χ0n) is 3.35. The van der Waals surface area contributed by atoms with Crippen LogP contribution in [0.25, 0.3) is 0 Å². The summed E-state index contributed by atoms with van der Waals surface area (Å²) in [5.74, 6) is 0. The second-order valence-electron chi connectivity index (χ2n) is 0.513. The van der Waals surface area contributed by atoms with Crippen LogP contribution >= 0.6 is 7.82 Å². The van der Waals surface area contributed by atoms with Crippen molar-refractivity contribution >= 4 is 34.0 Å². The van der Waals surface area contributed by atoms with Crippen molar-refractivity contribution in [2.24, 2.45) is 0 Å². The first-order chi connectivity index (χ1) is 2.00. The summed E-state index contributed by atoms with van der Waals surface area (Å²) < 4.78 is 8.88. The Morgan fingerprint density at radius 2 is 1.14 bits per heavy atom. The van der Waals surface area contributed by atoms with Crippen molar-refractivity contribution in [2.75, 3.05) is 0 Å². The van der Waals surface area contributed by atoms with Gasteiger partial charge in [0.05, 0.1) is 0 Å². The molecule has 0 bridgehead atoms. The molecule has 0 heterocycles. The predicted octanol–water partition coefficient (Wildman–Crippen LogP) is -2.12. The Bertz CT molecular complexity index is 57.8. The van der Waals surface area contributed by atoms with E-state index in [-0.39, 0.29) is 48.6 Å². The van der Waals surface area contributed by atoms with Gasteiger partial charge in [-0.05, 0) is 0 Å². The summed E-state index contributed by atoms with van der Waals surface area (Å²) >= 11 is 0. The largest absolute Gasteiger partial charge is 0 e. The average Bonchev–Trinajstić information content (AvgIpc) is 0.722. The minimum atomic E-state index is -4.64. The van der Waals surface area contributed by atoms with Crippen molar-refractivity contribution in [2.45, 2.75) is 0 Å². The van der Waals surface area contributed by atoms with Crippen LogP contribution in [0.1, 0.15) is 0 Å². The van der Waals surface area contributed by atoms with E-state index in [4.69, 9.17) is 19.2 Å². The molecule has 4 nitrogen and oxygen atoms in total. The Hall–Kier alpha value is 1.73. The van der Waals surface area contributed by atoms with E-state index in [2.05, 4.69) is 0 Å². The molecule has 3 N–H and O–H groups in total. The zero-order valence-corrected chi connectivity index (χ0v) is 11.9. The molecule has 0 aromatic carbocycles. The van der Waals surface area contributed by atoms with Crippen molar-refractivity contribution in [3.63, 3.8) is 0 Å². The molecule has 0 saturated carbocycles. The molecule has 0 atom stereocenters. The second kappa shape index (κ2) is 5.86. The molecule has 0 aliphatic carbocycles. The molecule has 0 aliphatic rings. The molecule has 0 rings (SSSR count). The average molecular weight is 403 g/mol. The monoisotopic (exact) mass is 403 g/mol. The SMILES string of the molecule is O=P(O)(O)O.[BiH3].[Nb]. The van der Waals surface area contributed by atoms with Crippen LogP contribution in [0.4, 0.5) is 0 Å². The molecular formula is H6BiNbO4P. The molecule has 0 aliphatic heterocycles. The molecule has 0 aromatic heterocycles. The Kier molecular flexibility index (Phi) is 13.3. The number of hydrogen-bond donors (Lipinski definition) is 3. The van der Waals surface area contributed by atoms with Crippen LogP contribution in [0, 0.1) is 0 Å². The van der Waals surface area contributed by atoms with E-state index >= 15 is 0 Å². The van der Waals surface area contributed by atoms with Gasteiger partial charge in [-0.15, -0.1) is 0 Å². The van der Waals surface area contributed by atoms with E-state index in [0.717, 1.165) is 0 Å². The number of rotatable bonds is 0. The summed E-state index contributed by atoms with van der Waals surface area (Å²) in [5.41, 5.74) is 0. The molecule has 0 aromatic rings. The normalized spacial score (nSPS) is 8.43. The first-order valence-electron chi connectivity index (χ1n) is 0.783. The van der Waals surface area contributed by atoms with E-state index in [1.54, 1.807) is 0 Å². The molecule has 0 amide bonds. The van der Waals surface area contributed by atoms with Crippen molar-refractivity contribution in [3.05, 3.63) is 0 Å². The Labute approximate surface area is 75.2 Å². The molecule has 7 heteroatoms. The molecule has 45 valence electrons. The smallest absolute Gasteiger partial charge is 0 e. The molecular weight excluding hydrogens is 397 g/mol. The van der Waals surface area contributed by atoms with Gasteiger partial charge < -0.3 is 14.7 Å². The summed E-state index contributed by atoms with van der Waals surface area (Å²) in [6.07, 6.45) is 0. The van der Waals surface area contributed by atoms with Gasteiger partial charge in [-0.2, -0.15) is 0 Å². The minimum absolute atomic E-state index is 0. The van der Waals surface area contributed by atoms with Gasteiger partial charge in [0.1, 0.15) is 0 Å². The van der Waals surface area contributed by atoms with Crippen molar-refractivity contribution in [3.8, 4) is 0 Å². The summed E-state index contributed by atoms with van der Waals surface area (Å²) in [5, 5.41) is 0. The summed E-state index contributed by atoms with van der Waals surface area (Å²) in [6, 6.07) is 0. The van der Waals surface area contributed by atoms with Crippen molar-refractivity contribution in [1.29, 1.82) is 0 Å². The first-order valence-corrected chi connectivity index (χ1v) is 2.35. The fraction of sp³-hybridized carbons (Fsp3) is 0.